The molecule has 42 heavy (non-hydrogen) atoms. The molecule has 238 valence electrons. The number of epoxide rings is 1. The average molecular weight is 621 g/mol. The van der Waals surface area contributed by atoms with Gasteiger partial charge in [0.1, 0.15) is 5.78 Å². The second-order valence-electron chi connectivity index (χ2n) is 15.3. The van der Waals surface area contributed by atoms with E-state index in [0.717, 1.165) is 35.5 Å². The normalized spacial score (nSPS) is 34.1. The lowest BCUT2D eigenvalue weighted by Gasteiger charge is -2.44. The van der Waals surface area contributed by atoms with Gasteiger partial charge in [-0.3, -0.25) is 9.59 Å². The number of ether oxygens (including phenoxy) is 1. The third-order valence-electron chi connectivity index (χ3n) is 10.3. The van der Waals surface area contributed by atoms with Gasteiger partial charge in [0, 0.05) is 17.7 Å². The number of amides is 1. The molecule has 9 heteroatoms. The zero-order valence-electron chi connectivity index (χ0n) is 28.1. The molecule has 3 rings (SSSR count). The van der Waals surface area contributed by atoms with Gasteiger partial charge in [-0.25, -0.2) is 4.98 Å². The SMILES string of the molecule is CC(=Cc1csc(C)n1)[C@@H]1C[C@@H]2O[C@]2(C)CCC[C@H](C)[C@H](O[Si](C)(C)C(C)(C)C)[C@@H](C)C(=O)C(C)(C)[C@@H](O)CC(=O)N1. The van der Waals surface area contributed by atoms with E-state index < -0.39 is 25.8 Å². The van der Waals surface area contributed by atoms with E-state index in [-0.39, 0.29) is 52.9 Å². The van der Waals surface area contributed by atoms with Crippen LogP contribution in [0.25, 0.3) is 6.08 Å². The Morgan fingerprint density at radius 1 is 1.24 bits per heavy atom. The molecule has 3 heterocycles. The highest BCUT2D eigenvalue weighted by Gasteiger charge is 2.53. The number of aliphatic hydroxyl groups excluding tert-OH is 1. The summed E-state index contributed by atoms with van der Waals surface area (Å²) in [5.74, 6) is -0.605. The van der Waals surface area contributed by atoms with Crippen LogP contribution in [-0.2, 0) is 18.8 Å². The first-order valence-electron chi connectivity index (χ1n) is 15.7. The maximum atomic E-state index is 14.1. The van der Waals surface area contributed by atoms with Crippen LogP contribution >= 0.6 is 11.3 Å². The Morgan fingerprint density at radius 3 is 2.45 bits per heavy atom. The minimum absolute atomic E-state index is 0.00183. The maximum absolute atomic E-state index is 14.1. The molecule has 0 aliphatic carbocycles. The monoisotopic (exact) mass is 620 g/mol. The summed E-state index contributed by atoms with van der Waals surface area (Å²) in [5.41, 5.74) is 0.514. The van der Waals surface area contributed by atoms with E-state index in [9.17, 15) is 14.7 Å². The molecule has 0 spiro atoms. The zero-order valence-corrected chi connectivity index (χ0v) is 29.9. The molecule has 0 radical (unpaired) electrons. The molecule has 2 aliphatic heterocycles. The lowest BCUT2D eigenvalue weighted by atomic mass is 9.72. The number of aliphatic hydroxyl groups is 1. The predicted octanol–water partition coefficient (Wildman–Crippen LogP) is 7.08. The van der Waals surface area contributed by atoms with Crippen LogP contribution in [0.2, 0.25) is 18.1 Å². The van der Waals surface area contributed by atoms with E-state index in [1.54, 1.807) is 25.2 Å². The van der Waals surface area contributed by atoms with Gasteiger partial charge in [-0.2, -0.15) is 0 Å². The molecule has 2 aliphatic rings. The minimum atomic E-state index is -2.18. The van der Waals surface area contributed by atoms with Crippen LogP contribution in [-0.4, -0.2) is 60.1 Å². The van der Waals surface area contributed by atoms with Gasteiger partial charge in [-0.15, -0.1) is 11.3 Å². The highest BCUT2D eigenvalue weighted by Crippen LogP contribution is 2.45. The number of Topliss-reactive ketones (excluding diaryl/α,β-unsaturated/α-hetero) is 1. The van der Waals surface area contributed by atoms with Gasteiger partial charge in [0.05, 0.1) is 52.5 Å². The van der Waals surface area contributed by atoms with E-state index in [4.69, 9.17) is 9.16 Å². The number of ketones is 1. The highest BCUT2D eigenvalue weighted by atomic mass is 32.1. The number of hydrogen-bond acceptors (Lipinski definition) is 7. The summed E-state index contributed by atoms with van der Waals surface area (Å²) >= 11 is 1.59. The van der Waals surface area contributed by atoms with E-state index in [0.29, 0.717) is 6.42 Å². The van der Waals surface area contributed by atoms with Crippen LogP contribution in [0.3, 0.4) is 0 Å². The molecule has 7 nitrogen and oxygen atoms in total. The Morgan fingerprint density at radius 2 is 1.88 bits per heavy atom. The smallest absolute Gasteiger partial charge is 0.223 e. The fourth-order valence-electron chi connectivity index (χ4n) is 5.91. The largest absolute Gasteiger partial charge is 0.413 e. The van der Waals surface area contributed by atoms with Crippen molar-refractivity contribution in [2.45, 2.75) is 149 Å². The summed E-state index contributed by atoms with van der Waals surface area (Å²) in [5, 5.41) is 17.5. The molecular formula is C33H56N2O5SSi. The summed E-state index contributed by atoms with van der Waals surface area (Å²) in [4.78, 5) is 32.0. The predicted molar refractivity (Wildman–Crippen MR) is 174 cm³/mol. The first kappa shape index (κ1) is 35.1. The number of aryl methyl sites for hydroxylation is 1. The van der Waals surface area contributed by atoms with Gasteiger partial charge >= 0.3 is 0 Å². The molecule has 0 bridgehead atoms. The quantitative estimate of drug-likeness (QED) is 0.276. The summed E-state index contributed by atoms with van der Waals surface area (Å²) < 4.78 is 13.2. The van der Waals surface area contributed by atoms with Crippen LogP contribution in [0.4, 0.5) is 0 Å². The molecule has 0 unspecified atom stereocenters. The summed E-state index contributed by atoms with van der Waals surface area (Å²) in [7, 11) is -2.18. The number of carbonyl (C=O) groups excluding carboxylic acids is 2. The standard InChI is InChI=1S/C33H56N2O5SSi/c1-20-14-13-15-33(10)27(39-33)17-25(21(2)16-24-19-41-23(4)34-24)35-28(37)18-26(36)32(8,9)30(38)22(3)29(20)40-42(11,12)31(5,6)7/h16,19-20,22,25-27,29,36H,13-15,17-18H2,1-12H3,(H,35,37)/t20-,22+,25-,26-,27-,29-,33+/m0/s1. The van der Waals surface area contributed by atoms with Crippen LogP contribution in [0.5, 0.6) is 0 Å². The summed E-state index contributed by atoms with van der Waals surface area (Å²) in [6.07, 6.45) is 3.95. The topological polar surface area (TPSA) is 101 Å². The number of hydrogen-bond donors (Lipinski definition) is 2. The Bertz CT molecular complexity index is 1160. The maximum Gasteiger partial charge on any atom is 0.223 e. The first-order chi connectivity index (χ1) is 19.2. The minimum Gasteiger partial charge on any atom is -0.413 e. The summed E-state index contributed by atoms with van der Waals surface area (Å²) in [6, 6.07) is -0.259. The molecule has 2 N–H and O–H groups in total. The number of rotatable bonds is 4. The molecule has 1 amide bonds. The zero-order chi connectivity index (χ0) is 31.8. The van der Waals surface area contributed by atoms with E-state index in [2.05, 4.69) is 58.0 Å². The van der Waals surface area contributed by atoms with Gasteiger partial charge in [0.25, 0.3) is 0 Å². The van der Waals surface area contributed by atoms with Crippen molar-refractivity contribution < 1.29 is 23.9 Å². The number of aromatic nitrogens is 1. The number of fused-ring (bicyclic) bond motifs is 1. The van der Waals surface area contributed by atoms with Crippen LogP contribution in [0.15, 0.2) is 11.0 Å². The Balaban J connectivity index is 1.91. The fraction of sp³-hybridized carbons (Fsp3) is 0.788. The van der Waals surface area contributed by atoms with Crippen molar-refractivity contribution in [3.63, 3.8) is 0 Å². The number of nitrogens with one attached hydrogen (secondary N) is 1. The van der Waals surface area contributed by atoms with E-state index in [1.807, 2.05) is 32.2 Å². The van der Waals surface area contributed by atoms with Crippen molar-refractivity contribution in [2.24, 2.45) is 17.3 Å². The van der Waals surface area contributed by atoms with Crippen molar-refractivity contribution in [1.82, 2.24) is 10.3 Å². The first-order valence-corrected chi connectivity index (χ1v) is 19.4. The van der Waals surface area contributed by atoms with Crippen LogP contribution in [0, 0.1) is 24.2 Å². The van der Waals surface area contributed by atoms with Crippen LogP contribution in [0.1, 0.15) is 105 Å². The van der Waals surface area contributed by atoms with Gasteiger partial charge in [0.2, 0.25) is 5.91 Å². The molecular weight excluding hydrogens is 565 g/mol. The average Bonchev–Trinajstić information content (AvgIpc) is 3.31. The molecule has 1 aromatic heterocycles. The van der Waals surface area contributed by atoms with Crippen molar-refractivity contribution in [3.8, 4) is 0 Å². The molecule has 0 saturated carbocycles. The van der Waals surface area contributed by atoms with Crippen molar-refractivity contribution in [3.05, 3.63) is 21.7 Å². The molecule has 7 atom stereocenters. The Hall–Kier alpha value is -1.39. The number of carbonyl (C=O) groups is 2. The van der Waals surface area contributed by atoms with Crippen LogP contribution < -0.4 is 5.32 Å². The van der Waals surface area contributed by atoms with Crippen molar-refractivity contribution in [2.75, 3.05) is 0 Å². The molecule has 2 fully saturated rings. The highest BCUT2D eigenvalue weighted by molar-refractivity contribution is 7.09. The third kappa shape index (κ3) is 8.20. The second kappa shape index (κ2) is 12.9. The third-order valence-corrected chi connectivity index (χ3v) is 15.5. The molecule has 2 saturated heterocycles. The van der Waals surface area contributed by atoms with Gasteiger partial charge in [-0.1, -0.05) is 54.9 Å². The Kier molecular flexibility index (Phi) is 10.8. The van der Waals surface area contributed by atoms with Crippen molar-refractivity contribution in [1.29, 1.82) is 0 Å². The fourth-order valence-corrected chi connectivity index (χ4v) is 7.95. The lowest BCUT2D eigenvalue weighted by molar-refractivity contribution is -0.142. The lowest BCUT2D eigenvalue weighted by Crippen LogP contribution is -2.52. The Labute approximate surface area is 259 Å². The van der Waals surface area contributed by atoms with Gasteiger partial charge in [0.15, 0.2) is 8.32 Å². The number of thiazole rings is 1. The molecule has 0 aromatic carbocycles. The molecule has 1 aromatic rings. The van der Waals surface area contributed by atoms with Gasteiger partial charge < -0.3 is 19.6 Å². The second-order valence-corrected chi connectivity index (χ2v) is 21.1. The van der Waals surface area contributed by atoms with Gasteiger partial charge in [-0.05, 0) is 69.3 Å². The number of nitrogens with zero attached hydrogens (tertiary/aromatic N) is 1. The summed E-state index contributed by atoms with van der Waals surface area (Å²) in [6.45, 7) is 24.9. The van der Waals surface area contributed by atoms with E-state index >= 15 is 0 Å². The van der Waals surface area contributed by atoms with E-state index in [1.165, 1.54) is 0 Å². The van der Waals surface area contributed by atoms with Crippen molar-refractivity contribution >= 4 is 37.4 Å².